The number of amides is 1. The Kier molecular flexibility index (Phi) is 5.75. The lowest BCUT2D eigenvalue weighted by Gasteiger charge is -2.25. The van der Waals surface area contributed by atoms with Gasteiger partial charge in [-0.25, -0.2) is 8.42 Å². The summed E-state index contributed by atoms with van der Waals surface area (Å²) in [5, 5.41) is 8.98. The summed E-state index contributed by atoms with van der Waals surface area (Å²) in [6.45, 7) is 0.360. The molecule has 2 aliphatic heterocycles. The van der Waals surface area contributed by atoms with Gasteiger partial charge < -0.3 is 14.7 Å². The van der Waals surface area contributed by atoms with Crippen LogP contribution in [0, 0.1) is 0 Å². The molecule has 0 saturated carbocycles. The molecule has 2 saturated heterocycles. The van der Waals surface area contributed by atoms with Crippen LogP contribution in [0.2, 0.25) is 0 Å². The van der Waals surface area contributed by atoms with Crippen molar-refractivity contribution in [1.82, 2.24) is 4.90 Å². The van der Waals surface area contributed by atoms with Gasteiger partial charge in [0.1, 0.15) is 5.75 Å². The van der Waals surface area contributed by atoms with E-state index in [0.717, 1.165) is 5.56 Å². The summed E-state index contributed by atoms with van der Waals surface area (Å²) < 4.78 is 29.4. The van der Waals surface area contributed by atoms with Crippen molar-refractivity contribution in [3.8, 4) is 5.75 Å². The maximum Gasteiger partial charge on any atom is 0.303 e. The molecule has 0 unspecified atom stereocenters. The first-order chi connectivity index (χ1) is 12.8. The van der Waals surface area contributed by atoms with E-state index >= 15 is 0 Å². The Morgan fingerprint density at radius 3 is 2.74 bits per heavy atom. The number of sulfone groups is 1. The SMILES string of the molecule is COc1ccccc1CN1C(=NC(=O)CCC(=O)O)S[C@@H]2CS(=O)(=O)C[C@H]21. The predicted octanol–water partition coefficient (Wildman–Crippen LogP) is 1.16. The molecule has 0 bridgehead atoms. The molecular weight excluding hydrogens is 392 g/mol. The van der Waals surface area contributed by atoms with Crippen LogP contribution in [0.4, 0.5) is 0 Å². The van der Waals surface area contributed by atoms with Crippen molar-refractivity contribution in [1.29, 1.82) is 0 Å². The molecule has 3 rings (SSSR count). The van der Waals surface area contributed by atoms with Crippen LogP contribution in [0.15, 0.2) is 29.3 Å². The van der Waals surface area contributed by atoms with Crippen LogP contribution in [-0.2, 0) is 26.0 Å². The molecule has 146 valence electrons. The van der Waals surface area contributed by atoms with E-state index in [0.29, 0.717) is 17.5 Å². The monoisotopic (exact) mass is 412 g/mol. The summed E-state index contributed by atoms with van der Waals surface area (Å²) in [4.78, 5) is 28.6. The third kappa shape index (κ3) is 4.62. The van der Waals surface area contributed by atoms with Crippen LogP contribution in [0.5, 0.6) is 5.75 Å². The number of rotatable bonds is 6. The molecule has 1 aromatic rings. The number of carbonyl (C=O) groups is 2. The van der Waals surface area contributed by atoms with Gasteiger partial charge in [-0.2, -0.15) is 4.99 Å². The first-order valence-electron chi connectivity index (χ1n) is 8.38. The fraction of sp³-hybridized carbons (Fsp3) is 0.471. The van der Waals surface area contributed by atoms with Gasteiger partial charge in [0.25, 0.3) is 0 Å². The van der Waals surface area contributed by atoms with Gasteiger partial charge >= 0.3 is 5.97 Å². The van der Waals surface area contributed by atoms with Gasteiger partial charge in [-0.1, -0.05) is 30.0 Å². The summed E-state index contributed by atoms with van der Waals surface area (Å²) in [6, 6.07) is 7.13. The smallest absolute Gasteiger partial charge is 0.303 e. The largest absolute Gasteiger partial charge is 0.496 e. The number of fused-ring (bicyclic) bond motifs is 1. The molecule has 8 nitrogen and oxygen atoms in total. The highest BCUT2D eigenvalue weighted by Gasteiger charge is 2.48. The van der Waals surface area contributed by atoms with Gasteiger partial charge in [-0.3, -0.25) is 9.59 Å². The Bertz CT molecular complexity index is 883. The fourth-order valence-electron chi connectivity index (χ4n) is 3.21. The Labute approximate surface area is 161 Å². The van der Waals surface area contributed by atoms with E-state index < -0.39 is 21.7 Å². The Hall–Kier alpha value is -2.07. The lowest BCUT2D eigenvalue weighted by molar-refractivity contribution is -0.138. The van der Waals surface area contributed by atoms with E-state index in [4.69, 9.17) is 9.84 Å². The van der Waals surface area contributed by atoms with Gasteiger partial charge in [0.2, 0.25) is 5.91 Å². The second kappa shape index (κ2) is 7.89. The van der Waals surface area contributed by atoms with Crippen LogP contribution >= 0.6 is 11.8 Å². The van der Waals surface area contributed by atoms with Crippen molar-refractivity contribution in [3.63, 3.8) is 0 Å². The van der Waals surface area contributed by atoms with Crippen molar-refractivity contribution in [2.75, 3.05) is 18.6 Å². The molecule has 1 aromatic carbocycles. The number of methoxy groups -OCH3 is 1. The van der Waals surface area contributed by atoms with Crippen molar-refractivity contribution >= 4 is 38.6 Å². The number of thioether (sulfide) groups is 1. The van der Waals surface area contributed by atoms with Gasteiger partial charge in [-0.15, -0.1) is 0 Å². The quantitative estimate of drug-likeness (QED) is 0.740. The number of benzene rings is 1. The molecule has 2 atom stereocenters. The van der Waals surface area contributed by atoms with E-state index in [9.17, 15) is 18.0 Å². The average Bonchev–Trinajstić information content (AvgIpc) is 3.06. The second-order valence-electron chi connectivity index (χ2n) is 6.42. The van der Waals surface area contributed by atoms with Crippen molar-refractivity contribution in [3.05, 3.63) is 29.8 Å². The molecule has 10 heteroatoms. The Morgan fingerprint density at radius 2 is 2.04 bits per heavy atom. The zero-order chi connectivity index (χ0) is 19.6. The van der Waals surface area contributed by atoms with Crippen molar-refractivity contribution < 1.29 is 27.9 Å². The minimum atomic E-state index is -3.13. The molecule has 27 heavy (non-hydrogen) atoms. The van der Waals surface area contributed by atoms with Gasteiger partial charge in [0.05, 0.1) is 31.1 Å². The number of carboxylic acids is 1. The number of amidine groups is 1. The number of hydrogen-bond acceptors (Lipinski definition) is 6. The van der Waals surface area contributed by atoms with E-state index in [1.807, 2.05) is 29.2 Å². The van der Waals surface area contributed by atoms with Crippen LogP contribution in [-0.4, -0.2) is 65.4 Å². The van der Waals surface area contributed by atoms with E-state index in [1.54, 1.807) is 7.11 Å². The minimum absolute atomic E-state index is 0.0160. The lowest BCUT2D eigenvalue weighted by atomic mass is 10.1. The highest BCUT2D eigenvalue weighted by atomic mass is 32.2. The molecular formula is C17H20N2O6S2. The summed E-state index contributed by atoms with van der Waals surface area (Å²) in [7, 11) is -1.57. The number of para-hydroxylation sites is 1. The minimum Gasteiger partial charge on any atom is -0.496 e. The summed E-state index contributed by atoms with van der Waals surface area (Å²) in [5.41, 5.74) is 0.858. The second-order valence-corrected chi connectivity index (χ2v) is 9.78. The van der Waals surface area contributed by atoms with Gasteiger partial charge in [0.15, 0.2) is 15.0 Å². The van der Waals surface area contributed by atoms with Crippen LogP contribution in [0.3, 0.4) is 0 Å². The average molecular weight is 412 g/mol. The normalized spacial score (nSPS) is 24.8. The molecule has 0 aliphatic carbocycles. The Morgan fingerprint density at radius 1 is 1.30 bits per heavy atom. The first kappa shape index (κ1) is 19.7. The highest BCUT2D eigenvalue weighted by Crippen LogP contribution is 2.39. The molecule has 2 fully saturated rings. The van der Waals surface area contributed by atoms with Crippen molar-refractivity contribution in [2.24, 2.45) is 4.99 Å². The molecule has 2 aliphatic rings. The summed E-state index contributed by atoms with van der Waals surface area (Å²) in [6.07, 6.45) is -0.469. The Balaban J connectivity index is 1.86. The lowest BCUT2D eigenvalue weighted by Crippen LogP contribution is -2.37. The summed E-state index contributed by atoms with van der Waals surface area (Å²) in [5.74, 6) is -0.845. The van der Waals surface area contributed by atoms with Crippen molar-refractivity contribution in [2.45, 2.75) is 30.7 Å². The number of hydrogen-bond donors (Lipinski definition) is 1. The standard InChI is InChI=1S/C17H20N2O6S2/c1-25-13-5-3-2-4-11(13)8-19-12-9-27(23,24)10-14(12)26-17(19)18-15(20)6-7-16(21)22/h2-5,12,14H,6-10H2,1H3,(H,21,22)/t12-,14-/m1/s1. The predicted molar refractivity (Wildman–Crippen MR) is 102 cm³/mol. The zero-order valence-electron chi connectivity index (χ0n) is 14.7. The van der Waals surface area contributed by atoms with Crippen LogP contribution < -0.4 is 4.74 Å². The molecule has 1 amide bonds. The van der Waals surface area contributed by atoms with E-state index in [2.05, 4.69) is 4.99 Å². The topological polar surface area (TPSA) is 113 Å². The maximum atomic E-state index is 12.0. The number of aliphatic carboxylic acids is 1. The molecule has 0 radical (unpaired) electrons. The third-order valence-corrected chi connectivity index (χ3v) is 7.73. The van der Waals surface area contributed by atoms with Crippen LogP contribution in [0.25, 0.3) is 0 Å². The third-order valence-electron chi connectivity index (χ3n) is 4.48. The fourth-order valence-corrected chi connectivity index (χ4v) is 7.18. The number of ether oxygens (including phenoxy) is 1. The molecule has 1 N–H and O–H groups in total. The number of carboxylic acid groups (broad SMARTS) is 1. The highest BCUT2D eigenvalue weighted by molar-refractivity contribution is 8.15. The number of aliphatic imine (C=N–C) groups is 1. The number of nitrogens with zero attached hydrogens (tertiary/aromatic N) is 2. The van der Waals surface area contributed by atoms with Gasteiger partial charge in [0, 0.05) is 23.8 Å². The van der Waals surface area contributed by atoms with E-state index in [-0.39, 0.29) is 35.6 Å². The van der Waals surface area contributed by atoms with E-state index in [1.165, 1.54) is 11.8 Å². The van der Waals surface area contributed by atoms with Crippen LogP contribution in [0.1, 0.15) is 18.4 Å². The molecule has 2 heterocycles. The zero-order valence-corrected chi connectivity index (χ0v) is 16.3. The molecule has 0 aromatic heterocycles. The molecule has 0 spiro atoms. The van der Waals surface area contributed by atoms with Gasteiger partial charge in [-0.05, 0) is 6.07 Å². The maximum absolute atomic E-state index is 12.0. The summed E-state index contributed by atoms with van der Waals surface area (Å²) >= 11 is 1.27. The first-order valence-corrected chi connectivity index (χ1v) is 11.1. The number of carbonyl (C=O) groups excluding carboxylic acids is 1.